The average molecular weight is 173 g/mol. The predicted octanol–water partition coefficient (Wildman–Crippen LogP) is 1.84. The second-order valence-electron chi connectivity index (χ2n) is 2.12. The fourth-order valence-corrected chi connectivity index (χ4v) is 0.621. The van der Waals surface area contributed by atoms with E-state index in [1.807, 2.05) is 0 Å². The van der Waals surface area contributed by atoms with E-state index in [-0.39, 0.29) is 12.1 Å². The van der Waals surface area contributed by atoms with Crippen molar-refractivity contribution in [2.45, 2.75) is 20.3 Å². The van der Waals surface area contributed by atoms with Crippen molar-refractivity contribution in [1.82, 2.24) is 0 Å². The summed E-state index contributed by atoms with van der Waals surface area (Å²) in [6, 6.07) is 0. The van der Waals surface area contributed by atoms with E-state index in [1.165, 1.54) is 20.2 Å². The number of hydrogen-bond acceptors (Lipinski definition) is 3. The molecule has 0 saturated heterocycles. The molecule has 0 amide bonds. The standard InChI is InChI=1S/C8H12FNO2/c1-4-10-7(6(2)9)5-8(11)12-3/h4H,5H2,1-3H3/b7-6+,10-4-. The van der Waals surface area contributed by atoms with Gasteiger partial charge in [0.05, 0.1) is 19.2 Å². The maximum absolute atomic E-state index is 12.6. The van der Waals surface area contributed by atoms with E-state index in [4.69, 9.17) is 0 Å². The highest BCUT2D eigenvalue weighted by molar-refractivity contribution is 5.73. The highest BCUT2D eigenvalue weighted by Gasteiger charge is 2.07. The highest BCUT2D eigenvalue weighted by Crippen LogP contribution is 2.11. The van der Waals surface area contributed by atoms with Crippen LogP contribution in [-0.2, 0) is 9.53 Å². The Bertz CT molecular complexity index is 217. The molecule has 0 unspecified atom stereocenters. The first-order chi connectivity index (χ1) is 5.61. The Morgan fingerprint density at radius 2 is 2.25 bits per heavy atom. The van der Waals surface area contributed by atoms with Gasteiger partial charge in [0, 0.05) is 6.21 Å². The normalized spacial score (nSPS) is 13.0. The number of esters is 1. The van der Waals surface area contributed by atoms with E-state index < -0.39 is 11.8 Å². The van der Waals surface area contributed by atoms with E-state index in [0.29, 0.717) is 0 Å². The molecule has 0 spiro atoms. The monoisotopic (exact) mass is 173 g/mol. The first-order valence-electron chi connectivity index (χ1n) is 3.52. The molecule has 0 N–H and O–H groups in total. The smallest absolute Gasteiger partial charge is 0.311 e. The van der Waals surface area contributed by atoms with Crippen molar-refractivity contribution < 1.29 is 13.9 Å². The molecule has 0 aromatic rings. The van der Waals surface area contributed by atoms with Gasteiger partial charge in [0.1, 0.15) is 5.83 Å². The maximum Gasteiger partial charge on any atom is 0.311 e. The number of rotatable bonds is 3. The summed E-state index contributed by atoms with van der Waals surface area (Å²) < 4.78 is 17.0. The second-order valence-corrected chi connectivity index (χ2v) is 2.12. The second kappa shape index (κ2) is 5.46. The first kappa shape index (κ1) is 10.8. The molecule has 0 rings (SSSR count). The van der Waals surface area contributed by atoms with Crippen LogP contribution in [0.1, 0.15) is 20.3 Å². The quantitative estimate of drug-likeness (QED) is 0.482. The van der Waals surface area contributed by atoms with Gasteiger partial charge in [-0.25, -0.2) is 4.39 Å². The van der Waals surface area contributed by atoms with Crippen LogP contribution in [0.4, 0.5) is 4.39 Å². The van der Waals surface area contributed by atoms with E-state index in [1.54, 1.807) is 6.92 Å². The topological polar surface area (TPSA) is 38.7 Å². The summed E-state index contributed by atoms with van der Waals surface area (Å²) in [6.07, 6.45) is 1.31. The molecule has 0 bridgehead atoms. The van der Waals surface area contributed by atoms with Crippen molar-refractivity contribution in [1.29, 1.82) is 0 Å². The third kappa shape index (κ3) is 3.85. The summed E-state index contributed by atoms with van der Waals surface area (Å²) in [7, 11) is 1.25. The van der Waals surface area contributed by atoms with Gasteiger partial charge in [-0.2, -0.15) is 0 Å². The van der Waals surface area contributed by atoms with Gasteiger partial charge in [-0.05, 0) is 13.8 Å². The third-order valence-electron chi connectivity index (χ3n) is 1.22. The zero-order valence-electron chi connectivity index (χ0n) is 7.43. The largest absolute Gasteiger partial charge is 0.469 e. The molecule has 0 aromatic heterocycles. The zero-order valence-corrected chi connectivity index (χ0v) is 7.43. The maximum atomic E-state index is 12.6. The van der Waals surface area contributed by atoms with Crippen molar-refractivity contribution in [3.63, 3.8) is 0 Å². The van der Waals surface area contributed by atoms with Gasteiger partial charge in [-0.15, -0.1) is 0 Å². The molecule has 4 heteroatoms. The van der Waals surface area contributed by atoms with Gasteiger partial charge >= 0.3 is 5.97 Å². The van der Waals surface area contributed by atoms with Crippen LogP contribution in [0.5, 0.6) is 0 Å². The lowest BCUT2D eigenvalue weighted by atomic mass is 10.3. The number of aliphatic imine (C=N–C) groups is 1. The van der Waals surface area contributed by atoms with Crippen LogP contribution in [0.2, 0.25) is 0 Å². The fourth-order valence-electron chi connectivity index (χ4n) is 0.621. The van der Waals surface area contributed by atoms with Gasteiger partial charge in [-0.1, -0.05) is 0 Å². The number of allylic oxidation sites excluding steroid dienone is 1. The Hall–Kier alpha value is -1.19. The van der Waals surface area contributed by atoms with Crippen molar-refractivity contribution in [3.8, 4) is 0 Å². The van der Waals surface area contributed by atoms with E-state index >= 15 is 0 Å². The van der Waals surface area contributed by atoms with Crippen LogP contribution >= 0.6 is 0 Å². The minimum atomic E-state index is -0.493. The van der Waals surface area contributed by atoms with Crippen molar-refractivity contribution in [2.24, 2.45) is 4.99 Å². The molecule has 0 saturated carbocycles. The van der Waals surface area contributed by atoms with Crippen LogP contribution in [0.15, 0.2) is 16.5 Å². The molecule has 12 heavy (non-hydrogen) atoms. The molecule has 0 aliphatic heterocycles. The molecule has 0 radical (unpaired) electrons. The van der Waals surface area contributed by atoms with E-state index in [0.717, 1.165) is 0 Å². The van der Waals surface area contributed by atoms with Gasteiger partial charge in [0.2, 0.25) is 0 Å². The van der Waals surface area contributed by atoms with E-state index in [2.05, 4.69) is 9.73 Å². The van der Waals surface area contributed by atoms with Gasteiger partial charge < -0.3 is 4.74 Å². The Morgan fingerprint density at radius 1 is 1.67 bits per heavy atom. The number of hydrogen-bond donors (Lipinski definition) is 0. The van der Waals surface area contributed by atoms with Crippen LogP contribution in [-0.4, -0.2) is 19.3 Å². The number of nitrogens with zero attached hydrogens (tertiary/aromatic N) is 1. The minimum absolute atomic E-state index is 0.115. The molecule has 0 atom stereocenters. The lowest BCUT2D eigenvalue weighted by Crippen LogP contribution is -2.01. The Balaban J connectivity index is 4.36. The number of methoxy groups -OCH3 is 1. The summed E-state index contributed by atoms with van der Waals surface area (Å²) in [5.74, 6) is -0.953. The number of carbonyl (C=O) groups excluding carboxylic acids is 1. The summed E-state index contributed by atoms with van der Waals surface area (Å²) in [5, 5.41) is 0. The first-order valence-corrected chi connectivity index (χ1v) is 3.52. The fraction of sp³-hybridized carbons (Fsp3) is 0.500. The molecular formula is C8H12FNO2. The van der Waals surface area contributed by atoms with Crippen LogP contribution in [0.25, 0.3) is 0 Å². The number of halogens is 1. The zero-order chi connectivity index (χ0) is 9.56. The van der Waals surface area contributed by atoms with Gasteiger partial charge in [0.15, 0.2) is 0 Å². The molecule has 0 heterocycles. The summed E-state index contributed by atoms with van der Waals surface area (Å²) >= 11 is 0. The predicted molar refractivity (Wildman–Crippen MR) is 44.6 cm³/mol. The summed E-state index contributed by atoms with van der Waals surface area (Å²) in [5.41, 5.74) is 0.115. The average Bonchev–Trinajstić information content (AvgIpc) is 2.03. The molecule has 68 valence electrons. The Labute approximate surface area is 70.9 Å². The van der Waals surface area contributed by atoms with E-state index in [9.17, 15) is 9.18 Å². The van der Waals surface area contributed by atoms with Crippen LogP contribution in [0, 0.1) is 0 Å². The van der Waals surface area contributed by atoms with Crippen molar-refractivity contribution in [2.75, 3.05) is 7.11 Å². The number of ether oxygens (including phenoxy) is 1. The van der Waals surface area contributed by atoms with Crippen molar-refractivity contribution >= 4 is 12.2 Å². The molecule has 3 nitrogen and oxygen atoms in total. The molecule has 0 aromatic carbocycles. The molecule has 0 aliphatic carbocycles. The minimum Gasteiger partial charge on any atom is -0.469 e. The number of carbonyl (C=O) groups is 1. The third-order valence-corrected chi connectivity index (χ3v) is 1.22. The van der Waals surface area contributed by atoms with Crippen LogP contribution < -0.4 is 0 Å². The SMILES string of the molecule is C/C=N\C(CC(=O)OC)=C(/C)F. The Kier molecular flexibility index (Phi) is 4.92. The van der Waals surface area contributed by atoms with Gasteiger partial charge in [-0.3, -0.25) is 9.79 Å². The van der Waals surface area contributed by atoms with Gasteiger partial charge in [0.25, 0.3) is 0 Å². The van der Waals surface area contributed by atoms with Crippen molar-refractivity contribution in [3.05, 3.63) is 11.5 Å². The highest BCUT2D eigenvalue weighted by atomic mass is 19.1. The molecule has 0 aliphatic rings. The summed E-state index contributed by atoms with van der Waals surface area (Å²) in [6.45, 7) is 2.91. The lowest BCUT2D eigenvalue weighted by Gasteiger charge is -1.99. The molecule has 0 fully saturated rings. The lowest BCUT2D eigenvalue weighted by molar-refractivity contribution is -0.139. The van der Waals surface area contributed by atoms with Crippen LogP contribution in [0.3, 0.4) is 0 Å². The molecular weight excluding hydrogens is 161 g/mol. The Morgan fingerprint density at radius 3 is 2.58 bits per heavy atom. The summed E-state index contributed by atoms with van der Waals surface area (Å²) in [4.78, 5) is 14.4.